The lowest BCUT2D eigenvalue weighted by Crippen LogP contribution is -2.41. The first-order valence-electron chi connectivity index (χ1n) is 7.99. The average Bonchev–Trinajstić information content (AvgIpc) is 3.04. The Morgan fingerprint density at radius 2 is 2.22 bits per heavy atom. The molecule has 1 saturated heterocycles. The predicted molar refractivity (Wildman–Crippen MR) is 88.1 cm³/mol. The van der Waals surface area contributed by atoms with Crippen LogP contribution in [0.4, 0.5) is 0 Å². The van der Waals surface area contributed by atoms with Gasteiger partial charge in [0.1, 0.15) is 0 Å². The van der Waals surface area contributed by atoms with E-state index in [1.807, 2.05) is 6.07 Å². The van der Waals surface area contributed by atoms with Gasteiger partial charge in [-0.1, -0.05) is 19.4 Å². The standard InChI is InChI=1S/C15H22N4O3S/c1-2-3-8-17(13-7-10-23(21,22)11-13)12-19-15(20)18-9-5-4-6-14(18)16-19/h4-6,9,13H,2-3,7-8,10-12H2,1H3/t13-/m0/s1. The van der Waals surface area contributed by atoms with Crippen LogP contribution in [0.3, 0.4) is 0 Å². The Kier molecular flexibility index (Phi) is 4.54. The number of sulfone groups is 1. The third-order valence-corrected chi connectivity index (χ3v) is 6.08. The van der Waals surface area contributed by atoms with Crippen LogP contribution in [0.15, 0.2) is 29.2 Å². The number of unbranched alkanes of at least 4 members (excludes halogenated alkanes) is 1. The zero-order valence-corrected chi connectivity index (χ0v) is 14.1. The zero-order valence-electron chi connectivity index (χ0n) is 13.3. The second-order valence-electron chi connectivity index (χ2n) is 6.08. The summed E-state index contributed by atoms with van der Waals surface area (Å²) < 4.78 is 26.5. The van der Waals surface area contributed by atoms with Gasteiger partial charge in [-0.25, -0.2) is 13.2 Å². The van der Waals surface area contributed by atoms with E-state index < -0.39 is 9.84 Å². The number of fused-ring (bicyclic) bond motifs is 1. The van der Waals surface area contributed by atoms with Gasteiger partial charge in [0.05, 0.1) is 18.2 Å². The van der Waals surface area contributed by atoms with E-state index in [9.17, 15) is 13.2 Å². The lowest BCUT2D eigenvalue weighted by atomic mass is 10.2. The maximum absolute atomic E-state index is 12.4. The van der Waals surface area contributed by atoms with Gasteiger partial charge in [-0.15, -0.1) is 5.10 Å². The third-order valence-electron chi connectivity index (χ3n) is 4.33. The van der Waals surface area contributed by atoms with Crippen LogP contribution in [0, 0.1) is 0 Å². The molecule has 7 nitrogen and oxygen atoms in total. The van der Waals surface area contributed by atoms with Crippen molar-refractivity contribution in [1.29, 1.82) is 0 Å². The van der Waals surface area contributed by atoms with Gasteiger partial charge in [-0.3, -0.25) is 9.30 Å². The van der Waals surface area contributed by atoms with E-state index in [2.05, 4.69) is 16.9 Å². The highest BCUT2D eigenvalue weighted by Gasteiger charge is 2.32. The molecule has 0 radical (unpaired) electrons. The van der Waals surface area contributed by atoms with E-state index in [4.69, 9.17) is 0 Å². The average molecular weight is 338 g/mol. The molecule has 1 aliphatic rings. The van der Waals surface area contributed by atoms with E-state index in [0.717, 1.165) is 19.4 Å². The Hall–Kier alpha value is -1.67. The van der Waals surface area contributed by atoms with E-state index in [1.54, 1.807) is 18.3 Å². The first-order valence-corrected chi connectivity index (χ1v) is 9.81. The molecule has 8 heteroatoms. The Balaban J connectivity index is 1.85. The largest absolute Gasteiger partial charge is 0.351 e. The summed E-state index contributed by atoms with van der Waals surface area (Å²) >= 11 is 0. The fourth-order valence-corrected chi connectivity index (χ4v) is 4.79. The zero-order chi connectivity index (χ0) is 16.4. The summed E-state index contributed by atoms with van der Waals surface area (Å²) in [6.07, 6.45) is 4.32. The van der Waals surface area contributed by atoms with Crippen molar-refractivity contribution in [2.75, 3.05) is 18.1 Å². The van der Waals surface area contributed by atoms with Crippen molar-refractivity contribution in [3.8, 4) is 0 Å². The molecule has 0 aliphatic carbocycles. The molecule has 126 valence electrons. The molecule has 0 amide bonds. The molecule has 3 rings (SSSR count). The highest BCUT2D eigenvalue weighted by atomic mass is 32.2. The van der Waals surface area contributed by atoms with Crippen LogP contribution in [0.1, 0.15) is 26.2 Å². The van der Waals surface area contributed by atoms with Gasteiger partial charge in [-0.2, -0.15) is 4.68 Å². The Morgan fingerprint density at radius 3 is 2.87 bits per heavy atom. The van der Waals surface area contributed by atoms with Crippen LogP contribution in [0.25, 0.3) is 5.65 Å². The summed E-state index contributed by atoms with van der Waals surface area (Å²) in [6, 6.07) is 5.39. The van der Waals surface area contributed by atoms with Crippen molar-refractivity contribution >= 4 is 15.5 Å². The first kappa shape index (κ1) is 16.2. The van der Waals surface area contributed by atoms with E-state index in [1.165, 1.54) is 9.08 Å². The maximum Gasteiger partial charge on any atom is 0.351 e. The molecule has 0 bridgehead atoms. The monoisotopic (exact) mass is 338 g/mol. The van der Waals surface area contributed by atoms with Gasteiger partial charge in [0.15, 0.2) is 15.5 Å². The molecule has 2 aromatic heterocycles. The highest BCUT2D eigenvalue weighted by molar-refractivity contribution is 7.91. The molecule has 1 aliphatic heterocycles. The van der Waals surface area contributed by atoms with Gasteiger partial charge >= 0.3 is 5.69 Å². The van der Waals surface area contributed by atoms with Gasteiger partial charge in [-0.05, 0) is 25.0 Å². The minimum Gasteiger partial charge on any atom is -0.280 e. The highest BCUT2D eigenvalue weighted by Crippen LogP contribution is 2.18. The van der Waals surface area contributed by atoms with Crippen molar-refractivity contribution < 1.29 is 8.42 Å². The van der Waals surface area contributed by atoms with Crippen molar-refractivity contribution in [3.63, 3.8) is 0 Å². The quantitative estimate of drug-likeness (QED) is 0.776. The number of hydrogen-bond donors (Lipinski definition) is 0. The van der Waals surface area contributed by atoms with Crippen LogP contribution >= 0.6 is 0 Å². The van der Waals surface area contributed by atoms with Gasteiger partial charge in [0.25, 0.3) is 0 Å². The Labute approximate surface area is 135 Å². The fraction of sp³-hybridized carbons (Fsp3) is 0.600. The van der Waals surface area contributed by atoms with Crippen molar-refractivity contribution in [2.24, 2.45) is 0 Å². The maximum atomic E-state index is 12.4. The SMILES string of the molecule is CCCCN(Cn1nc2ccccn2c1=O)[C@H]1CCS(=O)(=O)C1. The normalized spacial score (nSPS) is 20.5. The van der Waals surface area contributed by atoms with E-state index in [-0.39, 0.29) is 23.2 Å². The summed E-state index contributed by atoms with van der Waals surface area (Å²) in [6.45, 7) is 3.21. The Morgan fingerprint density at radius 1 is 1.39 bits per heavy atom. The smallest absolute Gasteiger partial charge is 0.280 e. The van der Waals surface area contributed by atoms with E-state index >= 15 is 0 Å². The summed E-state index contributed by atoms with van der Waals surface area (Å²) in [5.41, 5.74) is 0.412. The van der Waals surface area contributed by atoms with Crippen LogP contribution in [0.2, 0.25) is 0 Å². The molecular weight excluding hydrogens is 316 g/mol. The summed E-state index contributed by atoms with van der Waals surface area (Å²) in [4.78, 5) is 14.5. The lowest BCUT2D eigenvalue weighted by molar-refractivity contribution is 0.151. The molecular formula is C15H22N4O3S. The molecule has 23 heavy (non-hydrogen) atoms. The molecule has 0 spiro atoms. The van der Waals surface area contributed by atoms with Crippen LogP contribution in [-0.2, 0) is 16.5 Å². The molecule has 0 unspecified atom stereocenters. The number of rotatable bonds is 6. The molecule has 0 saturated carbocycles. The molecule has 1 fully saturated rings. The second kappa shape index (κ2) is 6.45. The van der Waals surface area contributed by atoms with Gasteiger partial charge in [0.2, 0.25) is 0 Å². The van der Waals surface area contributed by atoms with Crippen LogP contribution in [-0.4, -0.2) is 51.6 Å². The van der Waals surface area contributed by atoms with Crippen molar-refractivity contribution in [3.05, 3.63) is 34.9 Å². The van der Waals surface area contributed by atoms with E-state index in [0.29, 0.717) is 18.7 Å². The molecule has 0 aromatic carbocycles. The Bertz CT molecular complexity index is 840. The molecule has 0 N–H and O–H groups in total. The van der Waals surface area contributed by atoms with Gasteiger partial charge in [0, 0.05) is 18.8 Å². The number of pyridine rings is 1. The lowest BCUT2D eigenvalue weighted by Gasteiger charge is -2.27. The minimum atomic E-state index is -2.95. The van der Waals surface area contributed by atoms with Crippen LogP contribution < -0.4 is 5.69 Å². The summed E-state index contributed by atoms with van der Waals surface area (Å²) in [5.74, 6) is 0.416. The van der Waals surface area contributed by atoms with Crippen molar-refractivity contribution in [1.82, 2.24) is 19.1 Å². The number of aromatic nitrogens is 3. The minimum absolute atomic E-state index is 0.0248. The fourth-order valence-electron chi connectivity index (χ4n) is 3.03. The molecule has 2 aromatic rings. The number of nitrogens with zero attached hydrogens (tertiary/aromatic N) is 4. The topological polar surface area (TPSA) is 76.7 Å². The molecule has 1 atom stereocenters. The second-order valence-corrected chi connectivity index (χ2v) is 8.30. The summed E-state index contributed by atoms with van der Waals surface area (Å²) in [7, 11) is -2.95. The number of hydrogen-bond acceptors (Lipinski definition) is 5. The van der Waals surface area contributed by atoms with Crippen molar-refractivity contribution in [2.45, 2.75) is 38.9 Å². The predicted octanol–water partition coefficient (Wildman–Crippen LogP) is 0.743. The third kappa shape index (κ3) is 3.48. The molecule has 3 heterocycles. The van der Waals surface area contributed by atoms with Gasteiger partial charge < -0.3 is 0 Å². The van der Waals surface area contributed by atoms with Crippen LogP contribution in [0.5, 0.6) is 0 Å². The summed E-state index contributed by atoms with van der Waals surface area (Å²) in [5, 5.41) is 4.34. The first-order chi connectivity index (χ1) is 11.0.